The van der Waals surface area contributed by atoms with E-state index < -0.39 is 0 Å². The van der Waals surface area contributed by atoms with Crippen LogP contribution in [0.3, 0.4) is 0 Å². The Labute approximate surface area is 126 Å². The molecule has 1 unspecified atom stereocenters. The van der Waals surface area contributed by atoms with E-state index in [2.05, 4.69) is 10.2 Å². The zero-order valence-electron chi connectivity index (χ0n) is 13.0. The zero-order valence-corrected chi connectivity index (χ0v) is 13.0. The van der Waals surface area contributed by atoms with Gasteiger partial charge in [0.25, 0.3) is 0 Å². The van der Waals surface area contributed by atoms with Crippen molar-refractivity contribution in [3.05, 3.63) is 29.8 Å². The molecule has 2 rings (SSSR count). The largest absolute Gasteiger partial charge is 0.373 e. The second-order valence-electron chi connectivity index (χ2n) is 5.78. The molecule has 0 aromatic heterocycles. The number of hydrogen-bond acceptors (Lipinski definition) is 4. The number of ether oxygens (including phenoxy) is 1. The summed E-state index contributed by atoms with van der Waals surface area (Å²) in [5, 5.41) is 2.97. The number of nitrogens with two attached hydrogens (primary N) is 1. The highest BCUT2D eigenvalue weighted by Gasteiger charge is 2.29. The minimum atomic E-state index is -0.180. The minimum Gasteiger partial charge on any atom is -0.373 e. The smallest absolute Gasteiger partial charge is 0.241 e. The monoisotopic (exact) mass is 291 g/mol. The van der Waals surface area contributed by atoms with Gasteiger partial charge in [0.2, 0.25) is 5.91 Å². The molecule has 0 bridgehead atoms. The fraction of sp³-hybridized carbons (Fsp3) is 0.562. The SMILES string of the molecule is CC(C(=O)Nc1cccc(CN)c1)N1C[C@@H](C)O[C@@H](C)C1. The van der Waals surface area contributed by atoms with Crippen molar-refractivity contribution in [1.29, 1.82) is 0 Å². The van der Waals surface area contributed by atoms with Crippen LogP contribution in [0.4, 0.5) is 5.69 Å². The van der Waals surface area contributed by atoms with E-state index in [1.807, 2.05) is 45.0 Å². The Bertz CT molecular complexity index is 482. The van der Waals surface area contributed by atoms with Gasteiger partial charge in [-0.2, -0.15) is 0 Å². The number of carbonyl (C=O) groups excluding carboxylic acids is 1. The summed E-state index contributed by atoms with van der Waals surface area (Å²) in [4.78, 5) is 14.6. The molecule has 1 aliphatic rings. The minimum absolute atomic E-state index is 0.00507. The van der Waals surface area contributed by atoms with E-state index in [9.17, 15) is 4.79 Å². The van der Waals surface area contributed by atoms with Crippen LogP contribution in [-0.2, 0) is 16.1 Å². The van der Waals surface area contributed by atoms with Gasteiger partial charge in [-0.1, -0.05) is 12.1 Å². The summed E-state index contributed by atoms with van der Waals surface area (Å²) < 4.78 is 5.71. The fourth-order valence-electron chi connectivity index (χ4n) is 2.72. The van der Waals surface area contributed by atoms with Crippen LogP contribution in [0, 0.1) is 0 Å². The van der Waals surface area contributed by atoms with Crippen molar-refractivity contribution >= 4 is 11.6 Å². The summed E-state index contributed by atoms with van der Waals surface area (Å²) in [6, 6.07) is 7.47. The van der Waals surface area contributed by atoms with Gasteiger partial charge < -0.3 is 15.8 Å². The van der Waals surface area contributed by atoms with Crippen molar-refractivity contribution in [3.63, 3.8) is 0 Å². The molecule has 21 heavy (non-hydrogen) atoms. The zero-order chi connectivity index (χ0) is 15.4. The molecule has 116 valence electrons. The lowest BCUT2D eigenvalue weighted by Gasteiger charge is -2.38. The summed E-state index contributed by atoms with van der Waals surface area (Å²) in [5.41, 5.74) is 7.43. The van der Waals surface area contributed by atoms with E-state index in [0.29, 0.717) is 6.54 Å². The van der Waals surface area contributed by atoms with Crippen molar-refractivity contribution in [3.8, 4) is 0 Å². The van der Waals surface area contributed by atoms with Gasteiger partial charge in [-0.25, -0.2) is 0 Å². The number of anilines is 1. The molecule has 1 aromatic carbocycles. The quantitative estimate of drug-likeness (QED) is 0.884. The third-order valence-corrected chi connectivity index (χ3v) is 3.81. The van der Waals surface area contributed by atoms with Crippen LogP contribution in [0.2, 0.25) is 0 Å². The number of benzene rings is 1. The normalized spacial score (nSPS) is 24.6. The Morgan fingerprint density at radius 1 is 1.43 bits per heavy atom. The molecule has 3 atom stereocenters. The Hall–Kier alpha value is -1.43. The van der Waals surface area contributed by atoms with E-state index in [0.717, 1.165) is 24.3 Å². The average Bonchev–Trinajstić information content (AvgIpc) is 2.45. The second kappa shape index (κ2) is 7.02. The van der Waals surface area contributed by atoms with Crippen LogP contribution >= 0.6 is 0 Å². The topological polar surface area (TPSA) is 67.6 Å². The van der Waals surface area contributed by atoms with E-state index in [-0.39, 0.29) is 24.2 Å². The Morgan fingerprint density at radius 3 is 2.71 bits per heavy atom. The number of hydrogen-bond donors (Lipinski definition) is 2. The van der Waals surface area contributed by atoms with Crippen molar-refractivity contribution in [1.82, 2.24) is 4.90 Å². The maximum absolute atomic E-state index is 12.4. The van der Waals surface area contributed by atoms with Gasteiger partial charge in [0.1, 0.15) is 0 Å². The third kappa shape index (κ3) is 4.27. The van der Waals surface area contributed by atoms with Crippen LogP contribution in [0.5, 0.6) is 0 Å². The van der Waals surface area contributed by atoms with Gasteiger partial charge in [0.15, 0.2) is 0 Å². The number of rotatable bonds is 4. The van der Waals surface area contributed by atoms with Crippen LogP contribution in [0.1, 0.15) is 26.3 Å². The first-order valence-electron chi connectivity index (χ1n) is 7.49. The summed E-state index contributed by atoms with van der Waals surface area (Å²) in [7, 11) is 0. The van der Waals surface area contributed by atoms with Crippen molar-refractivity contribution in [2.24, 2.45) is 5.73 Å². The molecule has 1 heterocycles. The molecule has 5 heteroatoms. The number of carbonyl (C=O) groups is 1. The molecule has 0 saturated carbocycles. The molecular formula is C16H25N3O2. The molecule has 0 aliphatic carbocycles. The first kappa shape index (κ1) is 15.9. The molecule has 1 fully saturated rings. The molecule has 0 spiro atoms. The maximum atomic E-state index is 12.4. The Kier molecular flexibility index (Phi) is 5.33. The summed E-state index contributed by atoms with van der Waals surface area (Å²) in [6.45, 7) is 8.05. The highest BCUT2D eigenvalue weighted by atomic mass is 16.5. The maximum Gasteiger partial charge on any atom is 0.241 e. The fourth-order valence-corrected chi connectivity index (χ4v) is 2.72. The van der Waals surface area contributed by atoms with E-state index >= 15 is 0 Å². The van der Waals surface area contributed by atoms with Crippen LogP contribution < -0.4 is 11.1 Å². The van der Waals surface area contributed by atoms with Crippen LogP contribution in [0.25, 0.3) is 0 Å². The van der Waals surface area contributed by atoms with Crippen LogP contribution in [0.15, 0.2) is 24.3 Å². The molecule has 1 saturated heterocycles. The van der Waals surface area contributed by atoms with Crippen molar-refractivity contribution in [2.75, 3.05) is 18.4 Å². The number of nitrogens with one attached hydrogen (secondary N) is 1. The van der Waals surface area contributed by atoms with Gasteiger partial charge in [-0.05, 0) is 38.5 Å². The van der Waals surface area contributed by atoms with Gasteiger partial charge in [0, 0.05) is 25.3 Å². The molecule has 3 N–H and O–H groups in total. The van der Waals surface area contributed by atoms with Gasteiger partial charge in [-0.15, -0.1) is 0 Å². The number of morpholine rings is 1. The Morgan fingerprint density at radius 2 is 2.10 bits per heavy atom. The van der Waals surface area contributed by atoms with E-state index in [1.54, 1.807) is 0 Å². The predicted molar refractivity (Wildman–Crippen MR) is 84.0 cm³/mol. The summed E-state index contributed by atoms with van der Waals surface area (Å²) in [6.07, 6.45) is 0.314. The molecule has 1 amide bonds. The lowest BCUT2D eigenvalue weighted by atomic mass is 10.1. The van der Waals surface area contributed by atoms with E-state index in [1.165, 1.54) is 0 Å². The van der Waals surface area contributed by atoms with Gasteiger partial charge >= 0.3 is 0 Å². The Balaban J connectivity index is 1.98. The predicted octanol–water partition coefficient (Wildman–Crippen LogP) is 1.58. The third-order valence-electron chi connectivity index (χ3n) is 3.81. The summed E-state index contributed by atoms with van der Waals surface area (Å²) in [5.74, 6) is 0.00507. The highest BCUT2D eigenvalue weighted by Crippen LogP contribution is 2.16. The number of amides is 1. The summed E-state index contributed by atoms with van der Waals surface area (Å²) >= 11 is 0. The second-order valence-corrected chi connectivity index (χ2v) is 5.78. The van der Waals surface area contributed by atoms with Gasteiger partial charge in [-0.3, -0.25) is 9.69 Å². The van der Waals surface area contributed by atoms with Crippen molar-refractivity contribution < 1.29 is 9.53 Å². The lowest BCUT2D eigenvalue weighted by Crippen LogP contribution is -2.52. The van der Waals surface area contributed by atoms with Crippen molar-refractivity contribution in [2.45, 2.75) is 45.6 Å². The first-order valence-corrected chi connectivity index (χ1v) is 7.49. The number of nitrogens with zero attached hydrogens (tertiary/aromatic N) is 1. The first-order chi connectivity index (χ1) is 9.99. The van der Waals surface area contributed by atoms with Crippen LogP contribution in [-0.4, -0.2) is 42.1 Å². The standard InChI is InChI=1S/C16H25N3O2/c1-11-9-19(10-12(2)21-11)13(3)16(20)18-15-6-4-5-14(7-15)8-17/h4-7,11-13H,8-10,17H2,1-3H3,(H,18,20)/t11-,12+,13?. The lowest BCUT2D eigenvalue weighted by molar-refractivity contribution is -0.126. The molecule has 5 nitrogen and oxygen atoms in total. The highest BCUT2D eigenvalue weighted by molar-refractivity contribution is 5.94. The van der Waals surface area contributed by atoms with Gasteiger partial charge in [0.05, 0.1) is 18.2 Å². The molecular weight excluding hydrogens is 266 g/mol. The van der Waals surface area contributed by atoms with E-state index in [4.69, 9.17) is 10.5 Å². The molecule has 1 aliphatic heterocycles. The molecule has 0 radical (unpaired) electrons. The average molecular weight is 291 g/mol. The molecule has 1 aromatic rings.